The molecule has 0 spiro atoms. The molecular weight excluding hydrogens is 707 g/mol. The van der Waals surface area contributed by atoms with Gasteiger partial charge in [-0.1, -0.05) is 129 Å². The molecule has 1 aliphatic carbocycles. The van der Waals surface area contributed by atoms with Crippen molar-refractivity contribution in [2.75, 3.05) is 13.2 Å². The average Bonchev–Trinajstić information content (AvgIpc) is 3.13. The third kappa shape index (κ3) is 24.0. The van der Waals surface area contributed by atoms with E-state index in [4.69, 9.17) is 18.5 Å². The van der Waals surface area contributed by atoms with Crippen molar-refractivity contribution in [3.8, 4) is 0 Å². The number of aliphatic hydroxyl groups excluding tert-OH is 5. The van der Waals surface area contributed by atoms with Crippen molar-refractivity contribution in [1.29, 1.82) is 0 Å². The van der Waals surface area contributed by atoms with E-state index < -0.39 is 75.7 Å². The fraction of sp³-hybridized carbons (Fsp3) is 0.897. The highest BCUT2D eigenvalue weighted by Crippen LogP contribution is 2.47. The summed E-state index contributed by atoms with van der Waals surface area (Å²) in [7, 11) is -5.11. The number of phosphoric acid groups is 1. The predicted molar refractivity (Wildman–Crippen MR) is 203 cm³/mol. The zero-order valence-electron chi connectivity index (χ0n) is 32.6. The zero-order chi connectivity index (χ0) is 39.3. The van der Waals surface area contributed by atoms with Crippen LogP contribution in [0.3, 0.4) is 0 Å². The molecular formula is C39H73O13P. The lowest BCUT2D eigenvalue weighted by molar-refractivity contribution is -0.220. The van der Waals surface area contributed by atoms with Gasteiger partial charge in [0.25, 0.3) is 0 Å². The number of allylic oxidation sites excluding steroid dienone is 2. The molecule has 0 aromatic rings. The Morgan fingerprint density at radius 2 is 0.962 bits per heavy atom. The summed E-state index contributed by atoms with van der Waals surface area (Å²) in [5.41, 5.74) is 0. The van der Waals surface area contributed by atoms with Gasteiger partial charge in [-0.3, -0.25) is 18.6 Å². The number of unbranched alkanes of at least 4 members (excludes halogenated alkanes) is 19. The van der Waals surface area contributed by atoms with Crippen LogP contribution in [-0.4, -0.2) is 98.3 Å². The Labute approximate surface area is 318 Å². The summed E-state index contributed by atoms with van der Waals surface area (Å²) >= 11 is 0. The van der Waals surface area contributed by atoms with Crippen LogP contribution in [0.2, 0.25) is 0 Å². The monoisotopic (exact) mass is 780 g/mol. The molecule has 0 aromatic heterocycles. The van der Waals surface area contributed by atoms with E-state index in [1.165, 1.54) is 77.0 Å². The molecule has 0 amide bonds. The Morgan fingerprint density at radius 1 is 0.566 bits per heavy atom. The molecule has 0 heterocycles. The predicted octanol–water partition coefficient (Wildman–Crippen LogP) is 6.72. The molecule has 1 aliphatic rings. The number of esters is 2. The van der Waals surface area contributed by atoms with Crippen LogP contribution in [-0.2, 0) is 32.7 Å². The normalized spacial score (nSPS) is 23.5. The number of carbonyl (C=O) groups is 2. The molecule has 14 heteroatoms. The number of phosphoric ester groups is 1. The van der Waals surface area contributed by atoms with Gasteiger partial charge in [-0.2, -0.15) is 0 Å². The minimum Gasteiger partial charge on any atom is -0.462 e. The molecule has 13 nitrogen and oxygen atoms in total. The van der Waals surface area contributed by atoms with Crippen LogP contribution in [0.1, 0.15) is 168 Å². The number of aliphatic hydroxyl groups is 5. The summed E-state index contributed by atoms with van der Waals surface area (Å²) in [5.74, 6) is -1.12. The summed E-state index contributed by atoms with van der Waals surface area (Å²) in [5, 5.41) is 49.9. The first kappa shape index (κ1) is 49.6. The van der Waals surface area contributed by atoms with E-state index >= 15 is 0 Å². The Kier molecular flexibility index (Phi) is 28.8. The van der Waals surface area contributed by atoms with Crippen molar-refractivity contribution >= 4 is 19.8 Å². The second-order valence-corrected chi connectivity index (χ2v) is 15.9. The molecule has 0 saturated heterocycles. The first-order chi connectivity index (χ1) is 25.4. The Balaban J connectivity index is 2.53. The van der Waals surface area contributed by atoms with E-state index in [9.17, 15) is 44.6 Å². The van der Waals surface area contributed by atoms with Crippen LogP contribution in [0.4, 0.5) is 0 Å². The van der Waals surface area contributed by atoms with Crippen LogP contribution in [0, 0.1) is 0 Å². The van der Waals surface area contributed by atoms with Crippen LogP contribution < -0.4 is 0 Å². The minimum atomic E-state index is -5.11. The standard InChI is InChI=1S/C39H73O13P/c1-3-5-7-9-11-13-15-16-18-19-21-23-25-27-32(40)49-29-31(51-33(41)28-26-24-22-20-17-14-12-10-8-6-4-2)30-50-53(47,48)52-39-37(45)35(43)34(42)36(44)38(39)46/h16,18,31,34-39,42-46H,3-15,17,19-30H2,1-2H3,(H,47,48)/b18-16+/t31-,34?,35-,36?,37?,38?,39?/m1/s1. The number of ether oxygens (including phenoxy) is 2. The van der Waals surface area contributed by atoms with Gasteiger partial charge in [0.15, 0.2) is 6.10 Å². The second kappa shape index (κ2) is 30.8. The molecule has 6 unspecified atom stereocenters. The van der Waals surface area contributed by atoms with Crippen molar-refractivity contribution in [2.45, 2.75) is 211 Å². The van der Waals surface area contributed by atoms with Gasteiger partial charge >= 0.3 is 19.8 Å². The fourth-order valence-electron chi connectivity index (χ4n) is 6.22. The average molecular weight is 781 g/mol. The Morgan fingerprint density at radius 3 is 1.45 bits per heavy atom. The van der Waals surface area contributed by atoms with E-state index in [2.05, 4.69) is 26.0 Å². The first-order valence-corrected chi connectivity index (χ1v) is 22.0. The van der Waals surface area contributed by atoms with E-state index in [1.807, 2.05) is 0 Å². The van der Waals surface area contributed by atoms with Gasteiger partial charge < -0.3 is 39.9 Å². The summed E-state index contributed by atoms with van der Waals surface area (Å²) in [4.78, 5) is 35.5. The lowest BCUT2D eigenvalue weighted by Gasteiger charge is -2.41. The van der Waals surface area contributed by atoms with Gasteiger partial charge in [0.05, 0.1) is 6.61 Å². The minimum absolute atomic E-state index is 0.0979. The fourth-order valence-corrected chi connectivity index (χ4v) is 7.19. The van der Waals surface area contributed by atoms with Gasteiger partial charge in [-0.15, -0.1) is 0 Å². The van der Waals surface area contributed by atoms with Crippen molar-refractivity contribution in [3.63, 3.8) is 0 Å². The number of rotatable bonds is 33. The number of carbonyl (C=O) groups excluding carboxylic acids is 2. The summed E-state index contributed by atoms with van der Waals surface area (Å²) in [6, 6.07) is 0. The first-order valence-electron chi connectivity index (χ1n) is 20.5. The van der Waals surface area contributed by atoms with Gasteiger partial charge in [0, 0.05) is 12.8 Å². The zero-order valence-corrected chi connectivity index (χ0v) is 33.5. The Hall–Kier alpha value is -1.41. The lowest BCUT2D eigenvalue weighted by atomic mass is 9.85. The molecule has 8 atom stereocenters. The van der Waals surface area contributed by atoms with E-state index in [1.54, 1.807) is 0 Å². The number of hydrogen-bond donors (Lipinski definition) is 6. The van der Waals surface area contributed by atoms with Crippen LogP contribution in [0.25, 0.3) is 0 Å². The third-order valence-corrected chi connectivity index (χ3v) is 10.6. The molecule has 1 fully saturated rings. The topological polar surface area (TPSA) is 210 Å². The van der Waals surface area contributed by atoms with Crippen LogP contribution >= 0.6 is 7.82 Å². The summed E-state index contributed by atoms with van der Waals surface area (Å²) < 4.78 is 33.3. The van der Waals surface area contributed by atoms with Crippen molar-refractivity contribution in [2.24, 2.45) is 0 Å². The molecule has 0 aliphatic heterocycles. The van der Waals surface area contributed by atoms with E-state index in [0.717, 1.165) is 51.4 Å². The molecule has 0 radical (unpaired) electrons. The number of hydrogen-bond acceptors (Lipinski definition) is 12. The highest BCUT2D eigenvalue weighted by atomic mass is 31.2. The van der Waals surface area contributed by atoms with Crippen LogP contribution in [0.15, 0.2) is 12.2 Å². The largest absolute Gasteiger partial charge is 0.472 e. The summed E-state index contributed by atoms with van der Waals surface area (Å²) in [6.07, 6.45) is 15.7. The smallest absolute Gasteiger partial charge is 0.462 e. The Bertz CT molecular complexity index is 996. The maximum Gasteiger partial charge on any atom is 0.472 e. The van der Waals surface area contributed by atoms with Crippen LogP contribution in [0.5, 0.6) is 0 Å². The third-order valence-electron chi connectivity index (χ3n) is 9.61. The van der Waals surface area contributed by atoms with Crippen molar-refractivity contribution in [1.82, 2.24) is 0 Å². The quantitative estimate of drug-likeness (QED) is 0.0177. The van der Waals surface area contributed by atoms with Gasteiger partial charge in [-0.05, 0) is 38.5 Å². The highest BCUT2D eigenvalue weighted by molar-refractivity contribution is 7.47. The molecule has 1 rings (SSSR count). The van der Waals surface area contributed by atoms with Gasteiger partial charge in [-0.25, -0.2) is 4.57 Å². The van der Waals surface area contributed by atoms with Crippen molar-refractivity contribution < 1.29 is 63.1 Å². The molecule has 53 heavy (non-hydrogen) atoms. The van der Waals surface area contributed by atoms with Gasteiger partial charge in [0.1, 0.15) is 43.2 Å². The van der Waals surface area contributed by atoms with E-state index in [0.29, 0.717) is 12.8 Å². The molecule has 312 valence electrons. The molecule has 0 aromatic carbocycles. The molecule has 0 bridgehead atoms. The van der Waals surface area contributed by atoms with Gasteiger partial charge in [0.2, 0.25) is 0 Å². The van der Waals surface area contributed by atoms with Crippen molar-refractivity contribution in [3.05, 3.63) is 12.2 Å². The SMILES string of the molecule is CCCCCCCC/C=C/CCCCCC(=O)OC[C@H](COP(=O)(O)OC1C(O)C(O)C(O)[C@@H](O)C1O)OC(=O)CCCCCCCCCCCCC. The maximum atomic E-state index is 12.7. The summed E-state index contributed by atoms with van der Waals surface area (Å²) in [6.45, 7) is 3.24. The molecule has 1 saturated carbocycles. The maximum absolute atomic E-state index is 12.7. The highest BCUT2D eigenvalue weighted by Gasteiger charge is 2.51. The molecule has 6 N–H and O–H groups in total. The van der Waals surface area contributed by atoms with E-state index in [-0.39, 0.29) is 12.8 Å². The second-order valence-electron chi connectivity index (χ2n) is 14.5. The lowest BCUT2D eigenvalue weighted by Crippen LogP contribution is -2.64.